The van der Waals surface area contributed by atoms with Gasteiger partial charge in [-0.25, -0.2) is 0 Å². The predicted octanol–water partition coefficient (Wildman–Crippen LogP) is 2.03. The van der Waals surface area contributed by atoms with Crippen LogP contribution in [0.5, 0.6) is 0 Å². The van der Waals surface area contributed by atoms with Gasteiger partial charge in [0.25, 0.3) is 0 Å². The molecule has 0 aliphatic heterocycles. The molecular formula is C13H14N2O3S. The zero-order chi connectivity index (χ0) is 13.8. The maximum Gasteiger partial charge on any atom is 0.303 e. The van der Waals surface area contributed by atoms with Crippen LogP contribution in [0.4, 0.5) is 5.69 Å². The van der Waals surface area contributed by atoms with Gasteiger partial charge in [0, 0.05) is 16.8 Å². The van der Waals surface area contributed by atoms with Gasteiger partial charge < -0.3 is 16.2 Å². The minimum Gasteiger partial charge on any atom is -0.481 e. The van der Waals surface area contributed by atoms with Crippen molar-refractivity contribution in [2.24, 2.45) is 5.73 Å². The van der Waals surface area contributed by atoms with Gasteiger partial charge in [0.15, 0.2) is 0 Å². The second-order valence-electron chi connectivity index (χ2n) is 4.20. The number of carboxylic acids is 1. The molecule has 1 aromatic carbocycles. The third-order valence-corrected chi connectivity index (χ3v) is 3.62. The molecule has 0 bridgehead atoms. The summed E-state index contributed by atoms with van der Waals surface area (Å²) in [6.45, 7) is 0. The summed E-state index contributed by atoms with van der Waals surface area (Å²) in [5, 5.41) is 14.3. The average molecular weight is 278 g/mol. The maximum atomic E-state index is 11.8. The Hall–Kier alpha value is -1.92. The lowest BCUT2D eigenvalue weighted by atomic mass is 10.1. The van der Waals surface area contributed by atoms with Gasteiger partial charge in [-0.3, -0.25) is 9.59 Å². The normalized spacial score (nSPS) is 12.3. The number of amides is 1. The zero-order valence-corrected chi connectivity index (χ0v) is 10.9. The molecule has 0 spiro atoms. The van der Waals surface area contributed by atoms with E-state index in [4.69, 9.17) is 10.8 Å². The van der Waals surface area contributed by atoms with Gasteiger partial charge in [0.05, 0.1) is 6.04 Å². The Labute approximate surface area is 114 Å². The number of rotatable bonds is 5. The van der Waals surface area contributed by atoms with E-state index in [1.807, 2.05) is 23.6 Å². The number of nitrogens with one attached hydrogen (secondary N) is 1. The molecule has 4 N–H and O–H groups in total. The van der Waals surface area contributed by atoms with Crippen LogP contribution in [0, 0.1) is 0 Å². The lowest BCUT2D eigenvalue weighted by Gasteiger charge is -2.11. The van der Waals surface area contributed by atoms with Crippen molar-refractivity contribution in [3.8, 4) is 0 Å². The van der Waals surface area contributed by atoms with Crippen molar-refractivity contribution in [1.82, 2.24) is 0 Å². The smallest absolute Gasteiger partial charge is 0.303 e. The van der Waals surface area contributed by atoms with Gasteiger partial charge >= 0.3 is 5.97 Å². The Kier molecular flexibility index (Phi) is 4.13. The van der Waals surface area contributed by atoms with Crippen molar-refractivity contribution in [2.75, 3.05) is 5.32 Å². The SMILES string of the molecule is NC(CCC(=O)O)C(=O)Nc1ccc2sccc2c1. The number of nitrogens with two attached hydrogens (primary N) is 1. The van der Waals surface area contributed by atoms with Gasteiger partial charge in [-0.2, -0.15) is 0 Å². The van der Waals surface area contributed by atoms with E-state index in [0.29, 0.717) is 5.69 Å². The van der Waals surface area contributed by atoms with Crippen LogP contribution in [0.25, 0.3) is 10.1 Å². The van der Waals surface area contributed by atoms with Crippen LogP contribution >= 0.6 is 11.3 Å². The van der Waals surface area contributed by atoms with E-state index in [-0.39, 0.29) is 18.7 Å². The van der Waals surface area contributed by atoms with Crippen LogP contribution in [0.15, 0.2) is 29.6 Å². The minimum atomic E-state index is -0.956. The Morgan fingerprint density at radius 3 is 2.89 bits per heavy atom. The Bertz CT molecular complexity index is 609. The van der Waals surface area contributed by atoms with E-state index >= 15 is 0 Å². The third kappa shape index (κ3) is 3.52. The number of aliphatic carboxylic acids is 1. The van der Waals surface area contributed by atoms with Crippen molar-refractivity contribution in [1.29, 1.82) is 0 Å². The number of benzene rings is 1. The molecule has 1 unspecified atom stereocenters. The molecule has 19 heavy (non-hydrogen) atoms. The van der Waals surface area contributed by atoms with E-state index in [1.165, 1.54) is 0 Å². The summed E-state index contributed by atoms with van der Waals surface area (Å²) in [5.74, 6) is -1.32. The fraction of sp³-hybridized carbons (Fsp3) is 0.231. The van der Waals surface area contributed by atoms with Gasteiger partial charge in [-0.15, -0.1) is 11.3 Å². The number of fused-ring (bicyclic) bond motifs is 1. The summed E-state index contributed by atoms with van der Waals surface area (Å²) in [7, 11) is 0. The summed E-state index contributed by atoms with van der Waals surface area (Å²) >= 11 is 1.63. The molecule has 1 heterocycles. The highest BCUT2D eigenvalue weighted by molar-refractivity contribution is 7.17. The van der Waals surface area contributed by atoms with Crippen molar-refractivity contribution in [3.05, 3.63) is 29.6 Å². The van der Waals surface area contributed by atoms with Gasteiger partial charge in [-0.05, 0) is 41.5 Å². The van der Waals surface area contributed by atoms with Crippen LogP contribution in [0.3, 0.4) is 0 Å². The largest absolute Gasteiger partial charge is 0.481 e. The van der Waals surface area contributed by atoms with Gasteiger partial charge in [0.2, 0.25) is 5.91 Å². The fourth-order valence-electron chi connectivity index (χ4n) is 1.69. The topological polar surface area (TPSA) is 92.4 Å². The molecule has 100 valence electrons. The summed E-state index contributed by atoms with van der Waals surface area (Å²) in [4.78, 5) is 22.2. The molecule has 0 aliphatic carbocycles. The van der Waals surface area contributed by atoms with Crippen molar-refractivity contribution < 1.29 is 14.7 Å². The standard InChI is InChI=1S/C13H14N2O3S/c14-10(2-4-12(16)17)13(18)15-9-1-3-11-8(7-9)5-6-19-11/h1,3,5-7,10H,2,4,14H2,(H,15,18)(H,16,17). The molecule has 5 nitrogen and oxygen atoms in total. The molecule has 1 amide bonds. The van der Waals surface area contributed by atoms with Gasteiger partial charge in [0.1, 0.15) is 0 Å². The molecule has 2 rings (SSSR count). The molecule has 0 aliphatic rings. The quantitative estimate of drug-likeness (QED) is 0.780. The van der Waals surface area contributed by atoms with Crippen LogP contribution in [-0.2, 0) is 9.59 Å². The van der Waals surface area contributed by atoms with Crippen LogP contribution in [0.2, 0.25) is 0 Å². The number of thiophene rings is 1. The Morgan fingerprint density at radius 1 is 1.37 bits per heavy atom. The van der Waals surface area contributed by atoms with Crippen LogP contribution in [-0.4, -0.2) is 23.0 Å². The molecule has 0 radical (unpaired) electrons. The van der Waals surface area contributed by atoms with Crippen molar-refractivity contribution in [2.45, 2.75) is 18.9 Å². The first-order chi connectivity index (χ1) is 9.06. The fourth-order valence-corrected chi connectivity index (χ4v) is 2.46. The number of hydrogen-bond donors (Lipinski definition) is 3. The van der Waals surface area contributed by atoms with E-state index < -0.39 is 12.0 Å². The Balaban J connectivity index is 1.99. The molecular weight excluding hydrogens is 264 g/mol. The molecule has 0 saturated carbocycles. The highest BCUT2D eigenvalue weighted by Gasteiger charge is 2.15. The summed E-state index contributed by atoms with van der Waals surface area (Å²) in [6, 6.07) is 6.77. The van der Waals surface area contributed by atoms with E-state index in [9.17, 15) is 9.59 Å². The monoisotopic (exact) mass is 278 g/mol. The molecule has 0 fully saturated rings. The second kappa shape index (κ2) is 5.81. The molecule has 1 aromatic heterocycles. The molecule has 6 heteroatoms. The molecule has 2 aromatic rings. The van der Waals surface area contributed by atoms with E-state index in [2.05, 4.69) is 5.32 Å². The summed E-state index contributed by atoms with van der Waals surface area (Å²) < 4.78 is 1.15. The van der Waals surface area contributed by atoms with Crippen LogP contribution in [0.1, 0.15) is 12.8 Å². The van der Waals surface area contributed by atoms with Gasteiger partial charge in [-0.1, -0.05) is 0 Å². The second-order valence-corrected chi connectivity index (χ2v) is 5.15. The first-order valence-corrected chi connectivity index (χ1v) is 6.70. The first kappa shape index (κ1) is 13.5. The first-order valence-electron chi connectivity index (χ1n) is 5.82. The lowest BCUT2D eigenvalue weighted by molar-refractivity contribution is -0.137. The lowest BCUT2D eigenvalue weighted by Crippen LogP contribution is -2.36. The van der Waals surface area contributed by atoms with Crippen molar-refractivity contribution in [3.63, 3.8) is 0 Å². The highest BCUT2D eigenvalue weighted by Crippen LogP contribution is 2.24. The summed E-state index contributed by atoms with van der Waals surface area (Å²) in [6.07, 6.45) is 0.0139. The van der Waals surface area contributed by atoms with E-state index in [1.54, 1.807) is 17.4 Å². The average Bonchev–Trinajstić information content (AvgIpc) is 2.83. The predicted molar refractivity (Wildman–Crippen MR) is 75.3 cm³/mol. The number of carbonyl (C=O) groups is 2. The number of carboxylic acid groups (broad SMARTS) is 1. The number of carbonyl (C=O) groups excluding carboxylic acids is 1. The van der Waals surface area contributed by atoms with Crippen LogP contribution < -0.4 is 11.1 Å². The highest BCUT2D eigenvalue weighted by atomic mass is 32.1. The Morgan fingerprint density at radius 2 is 2.16 bits per heavy atom. The third-order valence-electron chi connectivity index (χ3n) is 2.73. The van der Waals surface area contributed by atoms with E-state index in [0.717, 1.165) is 10.1 Å². The molecule has 0 saturated heterocycles. The zero-order valence-electron chi connectivity index (χ0n) is 10.1. The number of hydrogen-bond acceptors (Lipinski definition) is 4. The summed E-state index contributed by atoms with van der Waals surface area (Å²) in [5.41, 5.74) is 6.30. The molecule has 1 atom stereocenters. The maximum absolute atomic E-state index is 11.8. The minimum absolute atomic E-state index is 0.113. The van der Waals surface area contributed by atoms with Crippen molar-refractivity contribution >= 4 is 39.0 Å². The number of anilines is 1.